The van der Waals surface area contributed by atoms with E-state index in [1.54, 1.807) is 23.3 Å². The molecule has 0 radical (unpaired) electrons. The molecule has 0 aliphatic carbocycles. The minimum absolute atomic E-state index is 0.386. The lowest BCUT2D eigenvalue weighted by Crippen LogP contribution is -2.08. The summed E-state index contributed by atoms with van der Waals surface area (Å²) in [7, 11) is 0. The topological polar surface area (TPSA) is 114 Å². The maximum absolute atomic E-state index is 9.26. The van der Waals surface area contributed by atoms with Crippen molar-refractivity contribution in [2.24, 2.45) is 0 Å². The lowest BCUT2D eigenvalue weighted by Gasteiger charge is -2.09. The number of nitriles is 1. The van der Waals surface area contributed by atoms with Gasteiger partial charge < -0.3 is 10.1 Å². The second-order valence-electron chi connectivity index (χ2n) is 5.57. The molecule has 0 unspecified atom stereocenters. The molecule has 0 atom stereocenters. The molecule has 138 valence electrons. The molecule has 0 saturated heterocycles. The smallest absolute Gasteiger partial charge is 0.227 e. The molecule has 4 aromatic rings. The summed E-state index contributed by atoms with van der Waals surface area (Å²) < 4.78 is 7.40. The van der Waals surface area contributed by atoms with Gasteiger partial charge in [-0.05, 0) is 24.3 Å². The number of benzene rings is 1. The van der Waals surface area contributed by atoms with Gasteiger partial charge in [-0.2, -0.15) is 5.26 Å². The fourth-order valence-corrected chi connectivity index (χ4v) is 3.04. The van der Waals surface area contributed by atoms with Crippen LogP contribution in [-0.2, 0) is 6.54 Å². The van der Waals surface area contributed by atoms with E-state index in [9.17, 15) is 5.26 Å². The van der Waals surface area contributed by atoms with Crippen molar-refractivity contribution in [3.8, 4) is 22.5 Å². The van der Waals surface area contributed by atoms with E-state index in [1.807, 2.05) is 29.6 Å². The number of nitrogens with zero attached hydrogens (tertiary/aromatic N) is 7. The van der Waals surface area contributed by atoms with Gasteiger partial charge in [0.05, 0.1) is 24.5 Å². The van der Waals surface area contributed by atoms with E-state index < -0.39 is 0 Å². The Kier molecular flexibility index (Phi) is 5.17. The summed E-state index contributed by atoms with van der Waals surface area (Å²) in [4.78, 5) is 12.9. The summed E-state index contributed by atoms with van der Waals surface area (Å²) in [5.74, 6) is 1.14. The number of anilines is 2. The normalized spacial score (nSPS) is 10.4. The summed E-state index contributed by atoms with van der Waals surface area (Å²) in [5, 5.41) is 22.5. The van der Waals surface area contributed by atoms with Crippen LogP contribution >= 0.6 is 11.3 Å². The average molecular weight is 390 g/mol. The Bertz CT molecular complexity index is 1070. The van der Waals surface area contributed by atoms with Crippen LogP contribution in [-0.4, -0.2) is 36.6 Å². The molecule has 0 amide bonds. The van der Waals surface area contributed by atoms with Crippen LogP contribution < -0.4 is 10.1 Å². The molecular weight excluding hydrogens is 376 g/mol. The van der Waals surface area contributed by atoms with E-state index in [4.69, 9.17) is 4.74 Å². The molecule has 3 heterocycles. The first kappa shape index (κ1) is 17.6. The molecule has 1 N–H and O–H groups in total. The molecule has 0 bridgehead atoms. The van der Waals surface area contributed by atoms with Crippen LogP contribution in [0.15, 0.2) is 54.4 Å². The third-order valence-corrected chi connectivity index (χ3v) is 4.50. The first-order valence-corrected chi connectivity index (χ1v) is 9.21. The highest BCUT2D eigenvalue weighted by molar-refractivity contribution is 7.13. The van der Waals surface area contributed by atoms with Crippen LogP contribution in [0.5, 0.6) is 5.75 Å². The SMILES string of the molecule is N#Cc1cnc(Nc2ccc(OCCn3ccnn3)cc2)nc1-c1nccs1. The summed E-state index contributed by atoms with van der Waals surface area (Å²) in [6.07, 6.45) is 6.59. The van der Waals surface area contributed by atoms with Gasteiger partial charge in [-0.3, -0.25) is 0 Å². The highest BCUT2D eigenvalue weighted by Gasteiger charge is 2.12. The standard InChI is InChI=1S/C18H14N8OS/c19-11-13-12-21-18(24-16(13)17-20-6-10-28-17)23-14-1-3-15(4-2-14)27-9-8-26-7-5-22-25-26/h1-7,10,12H,8-9H2,(H,21,23,24). The predicted molar refractivity (Wildman–Crippen MR) is 103 cm³/mol. The van der Waals surface area contributed by atoms with E-state index in [0.717, 1.165) is 11.4 Å². The van der Waals surface area contributed by atoms with E-state index in [0.29, 0.717) is 35.4 Å². The molecule has 9 nitrogen and oxygen atoms in total. The molecule has 0 aliphatic heterocycles. The number of thiazole rings is 1. The van der Waals surface area contributed by atoms with Gasteiger partial charge in [0.15, 0.2) is 0 Å². The number of aromatic nitrogens is 6. The third kappa shape index (κ3) is 4.11. The zero-order valence-electron chi connectivity index (χ0n) is 14.6. The lowest BCUT2D eigenvalue weighted by atomic mass is 10.2. The van der Waals surface area contributed by atoms with Crippen LogP contribution in [0, 0.1) is 11.3 Å². The fraction of sp³-hybridized carbons (Fsp3) is 0.111. The summed E-state index contributed by atoms with van der Waals surface area (Å²) in [6.45, 7) is 1.12. The first-order chi connectivity index (χ1) is 13.8. The first-order valence-electron chi connectivity index (χ1n) is 8.33. The van der Waals surface area contributed by atoms with Gasteiger partial charge in [-0.15, -0.1) is 16.4 Å². The maximum atomic E-state index is 9.26. The Hall–Kier alpha value is -3.84. The van der Waals surface area contributed by atoms with Crippen LogP contribution in [0.2, 0.25) is 0 Å². The van der Waals surface area contributed by atoms with Gasteiger partial charge in [0.2, 0.25) is 5.95 Å². The molecule has 0 aliphatic rings. The number of ether oxygens (including phenoxy) is 1. The molecule has 1 aromatic carbocycles. The Morgan fingerprint density at radius 3 is 2.79 bits per heavy atom. The predicted octanol–water partition coefficient (Wildman–Crippen LogP) is 2.89. The van der Waals surface area contributed by atoms with Crippen molar-refractivity contribution in [3.63, 3.8) is 0 Å². The highest BCUT2D eigenvalue weighted by atomic mass is 32.1. The van der Waals surface area contributed by atoms with Crippen molar-refractivity contribution < 1.29 is 4.74 Å². The average Bonchev–Trinajstić information content (AvgIpc) is 3.44. The minimum atomic E-state index is 0.386. The van der Waals surface area contributed by atoms with Gasteiger partial charge in [0, 0.05) is 23.5 Å². The fourth-order valence-electron chi connectivity index (χ4n) is 2.40. The van der Waals surface area contributed by atoms with Gasteiger partial charge >= 0.3 is 0 Å². The molecule has 0 spiro atoms. The Morgan fingerprint density at radius 2 is 2.07 bits per heavy atom. The quantitative estimate of drug-likeness (QED) is 0.512. The van der Waals surface area contributed by atoms with E-state index in [1.165, 1.54) is 17.5 Å². The van der Waals surface area contributed by atoms with Crippen molar-refractivity contribution in [1.29, 1.82) is 5.26 Å². The van der Waals surface area contributed by atoms with Crippen LogP contribution in [0.3, 0.4) is 0 Å². The summed E-state index contributed by atoms with van der Waals surface area (Å²) in [6, 6.07) is 9.55. The Labute approximate surface area is 164 Å². The van der Waals surface area contributed by atoms with Crippen molar-refractivity contribution in [2.75, 3.05) is 11.9 Å². The molecule has 0 saturated carbocycles. The molecule has 4 rings (SSSR count). The maximum Gasteiger partial charge on any atom is 0.227 e. The Morgan fingerprint density at radius 1 is 1.18 bits per heavy atom. The second kappa shape index (κ2) is 8.24. The van der Waals surface area contributed by atoms with Crippen LogP contribution in [0.1, 0.15) is 5.56 Å². The highest BCUT2D eigenvalue weighted by Crippen LogP contribution is 2.25. The molecule has 0 fully saturated rings. The van der Waals surface area contributed by atoms with E-state index in [2.05, 4.69) is 36.7 Å². The number of hydrogen-bond acceptors (Lipinski definition) is 9. The number of rotatable bonds is 7. The van der Waals surface area contributed by atoms with Gasteiger partial charge in [-0.1, -0.05) is 5.21 Å². The van der Waals surface area contributed by atoms with Crippen molar-refractivity contribution in [1.82, 2.24) is 29.9 Å². The molecule has 10 heteroatoms. The third-order valence-electron chi connectivity index (χ3n) is 3.72. The zero-order chi connectivity index (χ0) is 19.2. The van der Waals surface area contributed by atoms with E-state index in [-0.39, 0.29) is 0 Å². The summed E-state index contributed by atoms with van der Waals surface area (Å²) in [5.41, 5.74) is 1.71. The van der Waals surface area contributed by atoms with Crippen molar-refractivity contribution >= 4 is 23.0 Å². The summed E-state index contributed by atoms with van der Waals surface area (Å²) >= 11 is 1.42. The van der Waals surface area contributed by atoms with Crippen molar-refractivity contribution in [3.05, 3.63) is 60.0 Å². The lowest BCUT2D eigenvalue weighted by molar-refractivity contribution is 0.290. The Balaban J connectivity index is 1.41. The van der Waals surface area contributed by atoms with Gasteiger partial charge in [0.25, 0.3) is 0 Å². The van der Waals surface area contributed by atoms with E-state index >= 15 is 0 Å². The van der Waals surface area contributed by atoms with Gasteiger partial charge in [-0.25, -0.2) is 19.6 Å². The number of hydrogen-bond donors (Lipinski definition) is 1. The monoisotopic (exact) mass is 390 g/mol. The van der Waals surface area contributed by atoms with Crippen LogP contribution in [0.4, 0.5) is 11.6 Å². The number of nitrogens with one attached hydrogen (secondary N) is 1. The largest absolute Gasteiger partial charge is 0.492 e. The minimum Gasteiger partial charge on any atom is -0.492 e. The van der Waals surface area contributed by atoms with Crippen molar-refractivity contribution in [2.45, 2.75) is 6.54 Å². The molecule has 28 heavy (non-hydrogen) atoms. The molecular formula is C18H14N8OS. The zero-order valence-corrected chi connectivity index (χ0v) is 15.4. The van der Waals surface area contributed by atoms with Gasteiger partial charge in [0.1, 0.15) is 29.1 Å². The molecule has 3 aromatic heterocycles. The second-order valence-corrected chi connectivity index (χ2v) is 6.46. The van der Waals surface area contributed by atoms with Crippen LogP contribution in [0.25, 0.3) is 10.7 Å².